The number of nitrogens with zero attached hydrogens (tertiary/aromatic N) is 1. The van der Waals surface area contributed by atoms with E-state index in [0.717, 1.165) is 0 Å². The van der Waals surface area contributed by atoms with E-state index >= 15 is 0 Å². The Hall–Kier alpha value is -3.43. The summed E-state index contributed by atoms with van der Waals surface area (Å²) in [6.07, 6.45) is 4.15. The number of ether oxygens (including phenoxy) is 1. The fourth-order valence-corrected chi connectivity index (χ4v) is 4.76. The number of pyridine rings is 1. The molecule has 0 radical (unpaired) electrons. The molecule has 0 aliphatic rings. The van der Waals surface area contributed by atoms with Crippen molar-refractivity contribution in [2.24, 2.45) is 0 Å². The molecule has 0 aliphatic carbocycles. The van der Waals surface area contributed by atoms with Crippen LogP contribution in [-0.4, -0.2) is 31.8 Å². The molecular formula is C23H21ClFN3O4S. The van der Waals surface area contributed by atoms with Crippen LogP contribution in [0.1, 0.15) is 15.9 Å². The number of methoxy groups -OCH3 is 1. The third-order valence-electron chi connectivity index (χ3n) is 4.68. The first-order valence-electron chi connectivity index (χ1n) is 9.69. The number of sulfone groups is 1. The van der Waals surface area contributed by atoms with Gasteiger partial charge in [-0.3, -0.25) is 9.78 Å². The number of halogens is 2. The number of amides is 1. The van der Waals surface area contributed by atoms with Crippen LogP contribution in [0.25, 0.3) is 0 Å². The molecule has 1 unspecified atom stereocenters. The van der Waals surface area contributed by atoms with Crippen molar-refractivity contribution < 1.29 is 22.3 Å². The molecule has 0 fully saturated rings. The molecule has 0 aliphatic heterocycles. The summed E-state index contributed by atoms with van der Waals surface area (Å²) in [6.45, 7) is 3.65. The smallest absolute Gasteiger partial charge is 0.252 e. The maximum Gasteiger partial charge on any atom is 0.252 e. The Balaban J connectivity index is 1.85. The molecule has 10 heteroatoms. The number of benzene rings is 2. The Bertz CT molecular complexity index is 1280. The van der Waals surface area contributed by atoms with Gasteiger partial charge in [0.05, 0.1) is 40.7 Å². The van der Waals surface area contributed by atoms with Crippen LogP contribution in [0.5, 0.6) is 5.75 Å². The quantitative estimate of drug-likeness (QED) is 0.437. The lowest BCUT2D eigenvalue weighted by atomic mass is 10.2. The Morgan fingerprint density at radius 3 is 2.70 bits per heavy atom. The summed E-state index contributed by atoms with van der Waals surface area (Å²) in [5, 5.41) is 4.17. The Kier molecular flexibility index (Phi) is 7.67. The lowest BCUT2D eigenvalue weighted by Gasteiger charge is -2.19. The predicted molar refractivity (Wildman–Crippen MR) is 125 cm³/mol. The van der Waals surface area contributed by atoms with Gasteiger partial charge in [0, 0.05) is 12.6 Å². The zero-order valence-corrected chi connectivity index (χ0v) is 19.2. The summed E-state index contributed by atoms with van der Waals surface area (Å²) >= 11 is 5.77. The summed E-state index contributed by atoms with van der Waals surface area (Å²) in [4.78, 5) is 16.7. The zero-order chi connectivity index (χ0) is 24.0. The van der Waals surface area contributed by atoms with Crippen molar-refractivity contribution in [3.05, 3.63) is 95.5 Å². The molecule has 172 valence electrons. The van der Waals surface area contributed by atoms with E-state index in [1.54, 1.807) is 12.1 Å². The van der Waals surface area contributed by atoms with E-state index < -0.39 is 26.9 Å². The van der Waals surface area contributed by atoms with Crippen molar-refractivity contribution in [2.75, 3.05) is 12.4 Å². The minimum atomic E-state index is -4.07. The van der Waals surface area contributed by atoms with Crippen molar-refractivity contribution in [2.45, 2.75) is 16.8 Å². The van der Waals surface area contributed by atoms with Crippen LogP contribution >= 0.6 is 11.6 Å². The molecule has 7 nitrogen and oxygen atoms in total. The van der Waals surface area contributed by atoms with E-state index in [1.165, 1.54) is 62.0 Å². The largest absolute Gasteiger partial charge is 0.495 e. The number of carbonyl (C=O) groups excluding carboxylic acids is 1. The summed E-state index contributed by atoms with van der Waals surface area (Å²) in [5.41, 5.74) is 0.923. The summed E-state index contributed by atoms with van der Waals surface area (Å²) in [5.74, 6) is -0.737. The SMILES string of the molecule is C=CC(Nc1cncc(OC)c1)S(=O)(=O)c1ccccc1C(=O)NCc1ccc(F)c(Cl)c1. The van der Waals surface area contributed by atoms with E-state index in [9.17, 15) is 17.6 Å². The maximum atomic E-state index is 13.4. The maximum absolute atomic E-state index is 13.4. The molecule has 1 heterocycles. The van der Waals surface area contributed by atoms with Crippen molar-refractivity contribution in [3.63, 3.8) is 0 Å². The highest BCUT2D eigenvalue weighted by molar-refractivity contribution is 7.92. The van der Waals surface area contributed by atoms with Crippen molar-refractivity contribution >= 4 is 33.0 Å². The molecule has 0 saturated heterocycles. The number of hydrogen-bond donors (Lipinski definition) is 2. The highest BCUT2D eigenvalue weighted by atomic mass is 35.5. The van der Waals surface area contributed by atoms with Gasteiger partial charge in [0.1, 0.15) is 11.6 Å². The summed E-state index contributed by atoms with van der Waals surface area (Å²) in [6, 6.07) is 11.5. The van der Waals surface area contributed by atoms with Gasteiger partial charge in [-0.1, -0.05) is 42.5 Å². The molecular weight excluding hydrogens is 469 g/mol. The molecule has 3 rings (SSSR count). The van der Waals surface area contributed by atoms with E-state index in [4.69, 9.17) is 16.3 Å². The van der Waals surface area contributed by atoms with Gasteiger partial charge in [0.25, 0.3) is 5.91 Å². The van der Waals surface area contributed by atoms with Crippen molar-refractivity contribution in [1.82, 2.24) is 10.3 Å². The first-order valence-corrected chi connectivity index (χ1v) is 11.6. The molecule has 0 saturated carbocycles. The van der Waals surface area contributed by atoms with Gasteiger partial charge in [-0.2, -0.15) is 0 Å². The predicted octanol–water partition coefficient (Wildman–Crippen LogP) is 4.21. The van der Waals surface area contributed by atoms with Crippen LogP contribution < -0.4 is 15.4 Å². The van der Waals surface area contributed by atoms with Crippen molar-refractivity contribution in [3.8, 4) is 5.75 Å². The van der Waals surface area contributed by atoms with Gasteiger partial charge in [-0.25, -0.2) is 12.8 Å². The molecule has 1 amide bonds. The van der Waals surface area contributed by atoms with Gasteiger partial charge < -0.3 is 15.4 Å². The van der Waals surface area contributed by atoms with Crippen LogP contribution in [0.4, 0.5) is 10.1 Å². The number of aromatic nitrogens is 1. The van der Waals surface area contributed by atoms with E-state index in [-0.39, 0.29) is 22.0 Å². The molecule has 3 aromatic rings. The monoisotopic (exact) mass is 489 g/mol. The number of rotatable bonds is 9. The average Bonchev–Trinajstić information content (AvgIpc) is 2.83. The molecule has 0 spiro atoms. The van der Waals surface area contributed by atoms with Gasteiger partial charge in [0.2, 0.25) is 9.84 Å². The first kappa shape index (κ1) is 24.2. The van der Waals surface area contributed by atoms with E-state index in [0.29, 0.717) is 17.0 Å². The minimum absolute atomic E-state index is 0.0336. The van der Waals surface area contributed by atoms with Crippen LogP contribution in [0.3, 0.4) is 0 Å². The highest BCUT2D eigenvalue weighted by Gasteiger charge is 2.29. The third kappa shape index (κ3) is 5.68. The molecule has 1 aromatic heterocycles. The second kappa shape index (κ2) is 10.5. The van der Waals surface area contributed by atoms with Crippen LogP contribution in [-0.2, 0) is 16.4 Å². The van der Waals surface area contributed by atoms with Crippen LogP contribution in [0.15, 0.2) is 78.5 Å². The minimum Gasteiger partial charge on any atom is -0.495 e. The summed E-state index contributed by atoms with van der Waals surface area (Å²) in [7, 11) is -2.60. The Labute approximate surface area is 196 Å². The van der Waals surface area contributed by atoms with Gasteiger partial charge in [-0.15, -0.1) is 0 Å². The second-order valence-corrected chi connectivity index (χ2v) is 9.33. The van der Waals surface area contributed by atoms with Crippen LogP contribution in [0, 0.1) is 5.82 Å². The van der Waals surface area contributed by atoms with Gasteiger partial charge in [0.15, 0.2) is 5.37 Å². The topological polar surface area (TPSA) is 97.4 Å². The van der Waals surface area contributed by atoms with Crippen LogP contribution in [0.2, 0.25) is 5.02 Å². The average molecular weight is 490 g/mol. The lowest BCUT2D eigenvalue weighted by molar-refractivity contribution is 0.0947. The Morgan fingerprint density at radius 2 is 2.00 bits per heavy atom. The first-order chi connectivity index (χ1) is 15.8. The fraction of sp³-hybridized carbons (Fsp3) is 0.130. The number of hydrogen-bond acceptors (Lipinski definition) is 6. The van der Waals surface area contributed by atoms with Crippen molar-refractivity contribution in [1.29, 1.82) is 0 Å². The van der Waals surface area contributed by atoms with Gasteiger partial charge in [-0.05, 0) is 29.8 Å². The van der Waals surface area contributed by atoms with Gasteiger partial charge >= 0.3 is 0 Å². The number of nitrogens with one attached hydrogen (secondary N) is 2. The third-order valence-corrected chi connectivity index (χ3v) is 6.92. The highest BCUT2D eigenvalue weighted by Crippen LogP contribution is 2.24. The summed E-state index contributed by atoms with van der Waals surface area (Å²) < 4.78 is 45.2. The number of carbonyl (C=O) groups is 1. The molecule has 2 aromatic carbocycles. The normalized spacial score (nSPS) is 12.0. The fourth-order valence-electron chi connectivity index (χ4n) is 3.00. The zero-order valence-electron chi connectivity index (χ0n) is 17.6. The molecule has 0 bridgehead atoms. The molecule has 1 atom stereocenters. The number of anilines is 1. The molecule has 2 N–H and O–H groups in total. The van der Waals surface area contributed by atoms with E-state index in [2.05, 4.69) is 22.2 Å². The lowest BCUT2D eigenvalue weighted by Crippen LogP contribution is -2.31. The molecule has 33 heavy (non-hydrogen) atoms. The Morgan fingerprint density at radius 1 is 1.24 bits per heavy atom. The standard InChI is InChI=1S/C23H21ClFN3O4S/c1-3-22(28-16-11-17(32-2)14-26-13-16)33(30,31)21-7-5-4-6-18(21)23(29)27-12-15-8-9-20(25)19(24)10-15/h3-11,13-14,22,28H,1,12H2,2H3,(H,27,29). The van der Waals surface area contributed by atoms with E-state index in [1.807, 2.05) is 0 Å². The second-order valence-electron chi connectivity index (χ2n) is 6.89.